The molecule has 0 saturated heterocycles. The zero-order valence-corrected chi connectivity index (χ0v) is 8.88. The predicted octanol–water partition coefficient (Wildman–Crippen LogP) is 1.46. The largest absolute Gasteiger partial charge is 0.504 e. The summed E-state index contributed by atoms with van der Waals surface area (Å²) in [6, 6.07) is 3.35. The predicted molar refractivity (Wildman–Crippen MR) is 57.1 cm³/mol. The first-order valence-electron chi connectivity index (χ1n) is 4.59. The van der Waals surface area contributed by atoms with Crippen LogP contribution in [0.4, 0.5) is 0 Å². The fraction of sp³-hybridized carbons (Fsp3) is 0.0909. The summed E-state index contributed by atoms with van der Waals surface area (Å²) < 4.78 is 4.89. The molecular weight excluding hydrogens is 228 g/mol. The van der Waals surface area contributed by atoms with Crippen molar-refractivity contribution in [3.05, 3.63) is 35.6 Å². The lowest BCUT2D eigenvalue weighted by atomic mass is 10.2. The van der Waals surface area contributed by atoms with Gasteiger partial charge < -0.3 is 20.1 Å². The molecule has 17 heavy (non-hydrogen) atoms. The van der Waals surface area contributed by atoms with Crippen LogP contribution in [0.2, 0.25) is 0 Å². The number of phenols is 1. The Kier molecular flexibility index (Phi) is 3.71. The van der Waals surface area contributed by atoms with Gasteiger partial charge in [-0.2, -0.15) is 0 Å². The van der Waals surface area contributed by atoms with Gasteiger partial charge in [-0.05, 0) is 31.2 Å². The minimum atomic E-state index is -1.31. The highest BCUT2D eigenvalue weighted by molar-refractivity contribution is 5.89. The van der Waals surface area contributed by atoms with Crippen LogP contribution in [0.1, 0.15) is 17.3 Å². The number of benzene rings is 1. The molecule has 6 heteroatoms. The van der Waals surface area contributed by atoms with Crippen molar-refractivity contribution in [3.8, 4) is 11.5 Å². The van der Waals surface area contributed by atoms with E-state index in [1.807, 2.05) is 0 Å². The third-order valence-electron chi connectivity index (χ3n) is 1.90. The molecule has 0 saturated carbocycles. The minimum Gasteiger partial charge on any atom is -0.504 e. The van der Waals surface area contributed by atoms with Crippen molar-refractivity contribution in [3.63, 3.8) is 0 Å². The van der Waals surface area contributed by atoms with Gasteiger partial charge in [0.05, 0.1) is 5.56 Å². The van der Waals surface area contributed by atoms with Gasteiger partial charge in [0, 0.05) is 0 Å². The van der Waals surface area contributed by atoms with E-state index in [0.29, 0.717) is 0 Å². The Labute approximate surface area is 96.4 Å². The first-order valence-corrected chi connectivity index (χ1v) is 4.59. The maximum Gasteiger partial charge on any atom is 0.371 e. The van der Waals surface area contributed by atoms with Gasteiger partial charge in [0.15, 0.2) is 11.5 Å². The third kappa shape index (κ3) is 2.97. The number of allylic oxidation sites excluding steroid dienone is 1. The van der Waals surface area contributed by atoms with Crippen LogP contribution < -0.4 is 4.74 Å². The highest BCUT2D eigenvalue weighted by atomic mass is 16.5. The lowest BCUT2D eigenvalue weighted by Crippen LogP contribution is -2.08. The normalized spacial score (nSPS) is 11.0. The van der Waals surface area contributed by atoms with Gasteiger partial charge in [-0.15, -0.1) is 0 Å². The minimum absolute atomic E-state index is 0.112. The van der Waals surface area contributed by atoms with Crippen molar-refractivity contribution >= 4 is 11.9 Å². The van der Waals surface area contributed by atoms with Gasteiger partial charge in [0.2, 0.25) is 5.76 Å². The smallest absolute Gasteiger partial charge is 0.371 e. The number of aromatic carboxylic acids is 1. The van der Waals surface area contributed by atoms with E-state index < -0.39 is 17.7 Å². The fourth-order valence-corrected chi connectivity index (χ4v) is 1.07. The quantitative estimate of drug-likeness (QED) is 0.541. The summed E-state index contributed by atoms with van der Waals surface area (Å²) in [7, 11) is 0. The summed E-state index contributed by atoms with van der Waals surface area (Å²) in [5.41, 5.74) is -0.112. The Hall–Kier alpha value is -2.50. The Morgan fingerprint density at radius 1 is 1.29 bits per heavy atom. The molecule has 90 valence electrons. The van der Waals surface area contributed by atoms with Gasteiger partial charge >= 0.3 is 11.9 Å². The van der Waals surface area contributed by atoms with Crippen LogP contribution in [-0.2, 0) is 4.79 Å². The van der Waals surface area contributed by atoms with E-state index in [1.165, 1.54) is 19.1 Å². The monoisotopic (exact) mass is 238 g/mol. The number of aliphatic carboxylic acids is 1. The van der Waals surface area contributed by atoms with Crippen LogP contribution in [0.15, 0.2) is 30.0 Å². The van der Waals surface area contributed by atoms with Crippen molar-refractivity contribution in [2.24, 2.45) is 0 Å². The molecule has 0 radical (unpaired) electrons. The Morgan fingerprint density at radius 3 is 2.41 bits per heavy atom. The van der Waals surface area contributed by atoms with E-state index in [1.54, 1.807) is 0 Å². The van der Waals surface area contributed by atoms with Crippen LogP contribution in [-0.4, -0.2) is 27.3 Å². The standard InChI is InChI=1S/C11H10O6/c1-2-8(11(15)16)17-9-5-6(10(13)14)3-4-7(9)12/h2-5,12H,1H3,(H,13,14)(H,15,16)/b8-2+. The van der Waals surface area contributed by atoms with E-state index in [-0.39, 0.29) is 17.1 Å². The summed E-state index contributed by atoms with van der Waals surface area (Å²) in [5.74, 6) is -3.47. The van der Waals surface area contributed by atoms with Crippen LogP contribution in [0.25, 0.3) is 0 Å². The second-order valence-electron chi connectivity index (χ2n) is 3.05. The molecule has 0 atom stereocenters. The molecule has 3 N–H and O–H groups in total. The molecule has 0 spiro atoms. The lowest BCUT2D eigenvalue weighted by Gasteiger charge is -2.08. The third-order valence-corrected chi connectivity index (χ3v) is 1.90. The average Bonchev–Trinajstić information content (AvgIpc) is 2.27. The highest BCUT2D eigenvalue weighted by Crippen LogP contribution is 2.28. The second-order valence-corrected chi connectivity index (χ2v) is 3.05. The first-order chi connectivity index (χ1) is 7.95. The molecular formula is C11H10O6. The SMILES string of the molecule is C/C=C(/Oc1cc(C(=O)O)ccc1O)C(=O)O. The Balaban J connectivity index is 3.09. The fourth-order valence-electron chi connectivity index (χ4n) is 1.07. The van der Waals surface area contributed by atoms with Gasteiger partial charge in [-0.25, -0.2) is 9.59 Å². The van der Waals surface area contributed by atoms with Gasteiger partial charge in [0.1, 0.15) is 0 Å². The first kappa shape index (κ1) is 12.6. The van der Waals surface area contributed by atoms with E-state index >= 15 is 0 Å². The maximum atomic E-state index is 10.7. The van der Waals surface area contributed by atoms with Crippen molar-refractivity contribution in [1.82, 2.24) is 0 Å². The zero-order chi connectivity index (χ0) is 13.0. The Bertz CT molecular complexity index is 489. The summed E-state index contributed by atoms with van der Waals surface area (Å²) in [6.07, 6.45) is 1.19. The average molecular weight is 238 g/mol. The second kappa shape index (κ2) is 5.02. The molecule has 1 aromatic rings. The van der Waals surface area contributed by atoms with Gasteiger partial charge in [0.25, 0.3) is 0 Å². The number of phenolic OH excluding ortho intramolecular Hbond substituents is 1. The summed E-state index contributed by atoms with van der Waals surface area (Å²) in [5, 5.41) is 26.9. The molecule has 6 nitrogen and oxygen atoms in total. The van der Waals surface area contributed by atoms with Crippen molar-refractivity contribution in [1.29, 1.82) is 0 Å². The van der Waals surface area contributed by atoms with Gasteiger partial charge in [-0.1, -0.05) is 0 Å². The summed E-state index contributed by atoms with van der Waals surface area (Å²) in [6.45, 7) is 1.45. The van der Waals surface area contributed by atoms with Gasteiger partial charge in [-0.3, -0.25) is 0 Å². The number of carboxylic acid groups (broad SMARTS) is 2. The number of aromatic hydroxyl groups is 1. The van der Waals surface area contributed by atoms with E-state index in [4.69, 9.17) is 14.9 Å². The molecule has 1 aromatic carbocycles. The molecule has 0 fully saturated rings. The van der Waals surface area contributed by atoms with Crippen molar-refractivity contribution in [2.75, 3.05) is 0 Å². The van der Waals surface area contributed by atoms with Crippen LogP contribution in [0.3, 0.4) is 0 Å². The maximum absolute atomic E-state index is 10.7. The summed E-state index contributed by atoms with van der Waals surface area (Å²) >= 11 is 0. The number of rotatable bonds is 4. The van der Waals surface area contributed by atoms with Crippen LogP contribution in [0, 0.1) is 0 Å². The number of carbonyl (C=O) groups is 2. The molecule has 0 amide bonds. The molecule has 1 rings (SSSR count). The number of ether oxygens (including phenoxy) is 1. The number of hydrogen-bond acceptors (Lipinski definition) is 4. The topological polar surface area (TPSA) is 104 Å². The Morgan fingerprint density at radius 2 is 1.94 bits per heavy atom. The lowest BCUT2D eigenvalue weighted by molar-refractivity contribution is -0.135. The molecule has 0 unspecified atom stereocenters. The van der Waals surface area contributed by atoms with Crippen molar-refractivity contribution < 1.29 is 29.6 Å². The highest BCUT2D eigenvalue weighted by Gasteiger charge is 2.14. The van der Waals surface area contributed by atoms with Crippen molar-refractivity contribution in [2.45, 2.75) is 6.92 Å². The van der Waals surface area contributed by atoms with Crippen LogP contribution in [0.5, 0.6) is 11.5 Å². The molecule has 0 aromatic heterocycles. The molecule has 0 aliphatic carbocycles. The molecule has 0 heterocycles. The molecule has 0 bridgehead atoms. The summed E-state index contributed by atoms with van der Waals surface area (Å²) in [4.78, 5) is 21.4. The molecule has 0 aliphatic rings. The number of carboxylic acids is 2. The number of hydrogen-bond donors (Lipinski definition) is 3. The van der Waals surface area contributed by atoms with Crippen LogP contribution >= 0.6 is 0 Å². The molecule has 0 aliphatic heterocycles. The zero-order valence-electron chi connectivity index (χ0n) is 8.88. The van der Waals surface area contributed by atoms with E-state index in [2.05, 4.69) is 0 Å². The van der Waals surface area contributed by atoms with E-state index in [9.17, 15) is 14.7 Å². The van der Waals surface area contributed by atoms with E-state index in [0.717, 1.165) is 12.1 Å².